The van der Waals surface area contributed by atoms with Crippen molar-refractivity contribution in [3.05, 3.63) is 0 Å². The van der Waals surface area contributed by atoms with Gasteiger partial charge in [-0.05, 0) is 12.8 Å². The van der Waals surface area contributed by atoms with Gasteiger partial charge in [-0.3, -0.25) is 4.79 Å². The molecule has 1 saturated heterocycles. The Hall–Kier alpha value is -0.810. The molecule has 0 aromatic rings. The highest BCUT2D eigenvalue weighted by Gasteiger charge is 2.44. The van der Waals surface area contributed by atoms with Gasteiger partial charge >= 0.3 is 0 Å². The summed E-state index contributed by atoms with van der Waals surface area (Å²) < 4.78 is 11.0. The Morgan fingerprint density at radius 1 is 0.833 bits per heavy atom. The Labute approximate surface area is 217 Å². The van der Waals surface area contributed by atoms with E-state index in [9.17, 15) is 30.3 Å². The van der Waals surface area contributed by atoms with Gasteiger partial charge in [-0.2, -0.15) is 0 Å². The van der Waals surface area contributed by atoms with Crippen LogP contribution in [0, 0.1) is 0 Å². The average molecular weight is 520 g/mol. The van der Waals surface area contributed by atoms with Crippen molar-refractivity contribution in [2.45, 2.75) is 153 Å². The molecule has 214 valence electrons. The fourth-order valence-electron chi connectivity index (χ4n) is 4.51. The molecule has 0 spiro atoms. The van der Waals surface area contributed by atoms with Crippen LogP contribution in [-0.4, -0.2) is 87.5 Å². The lowest BCUT2D eigenvalue weighted by molar-refractivity contribution is -0.302. The molecule has 1 aliphatic rings. The second kappa shape index (κ2) is 20.2. The Balaban J connectivity index is 2.46. The van der Waals surface area contributed by atoms with E-state index in [1.165, 1.54) is 44.9 Å². The Kier molecular flexibility index (Phi) is 18.6. The number of hydrogen-bond donors (Lipinski definition) is 6. The third kappa shape index (κ3) is 13.1. The molecular weight excluding hydrogens is 466 g/mol. The van der Waals surface area contributed by atoms with E-state index in [-0.39, 0.29) is 12.5 Å². The molecule has 7 atom stereocenters. The number of unbranched alkanes of at least 4 members (excludes halogenated alkanes) is 11. The molecule has 0 aliphatic carbocycles. The summed E-state index contributed by atoms with van der Waals surface area (Å²) in [5.74, 6) is -0.161. The van der Waals surface area contributed by atoms with Crippen LogP contribution in [0.3, 0.4) is 0 Å². The summed E-state index contributed by atoms with van der Waals surface area (Å²) in [6.45, 7) is 3.60. The van der Waals surface area contributed by atoms with Crippen molar-refractivity contribution in [3.8, 4) is 0 Å². The van der Waals surface area contributed by atoms with E-state index >= 15 is 0 Å². The molecule has 1 rings (SSSR count). The smallest absolute Gasteiger partial charge is 0.220 e. The maximum atomic E-state index is 12.6. The molecule has 0 radical (unpaired) electrons. The standard InChI is InChI=1S/C27H53NO8/c1-3-5-7-8-9-10-11-12-13-15-17-23(31)28-20(21(30)16-14-6-4-2)19-35-27-26(34)25(33)24(32)22(18-29)36-27/h20-22,24-27,29-30,32-34H,3-19H2,1-2H3,(H,28,31). The van der Waals surface area contributed by atoms with Crippen LogP contribution in [0.15, 0.2) is 0 Å². The van der Waals surface area contributed by atoms with Gasteiger partial charge in [0.15, 0.2) is 6.29 Å². The number of ether oxygens (including phenoxy) is 2. The van der Waals surface area contributed by atoms with Gasteiger partial charge in [0.2, 0.25) is 5.91 Å². The SMILES string of the molecule is CCCCCCCCCCCCC(=O)NC(COC1OC(CO)C(O)C(O)C1O)C(O)CCCCC. The zero-order chi connectivity index (χ0) is 26.8. The van der Waals surface area contributed by atoms with Crippen LogP contribution < -0.4 is 5.32 Å². The fourth-order valence-corrected chi connectivity index (χ4v) is 4.51. The number of amides is 1. The molecule has 0 aromatic heterocycles. The number of rotatable bonds is 21. The third-order valence-corrected chi connectivity index (χ3v) is 6.96. The molecule has 1 fully saturated rings. The zero-order valence-electron chi connectivity index (χ0n) is 22.5. The molecular formula is C27H53NO8. The monoisotopic (exact) mass is 519 g/mol. The first-order valence-corrected chi connectivity index (χ1v) is 14.2. The van der Waals surface area contributed by atoms with Gasteiger partial charge in [-0.25, -0.2) is 0 Å². The molecule has 1 aliphatic heterocycles. The van der Waals surface area contributed by atoms with Crippen LogP contribution in [0.4, 0.5) is 0 Å². The molecule has 0 aromatic carbocycles. The van der Waals surface area contributed by atoms with E-state index in [0.717, 1.165) is 38.5 Å². The van der Waals surface area contributed by atoms with E-state index in [4.69, 9.17) is 9.47 Å². The number of aliphatic hydroxyl groups excluding tert-OH is 5. The van der Waals surface area contributed by atoms with Crippen molar-refractivity contribution in [1.29, 1.82) is 0 Å². The number of hydrogen-bond acceptors (Lipinski definition) is 8. The number of carbonyl (C=O) groups is 1. The first-order chi connectivity index (χ1) is 17.3. The van der Waals surface area contributed by atoms with Crippen LogP contribution >= 0.6 is 0 Å². The highest BCUT2D eigenvalue weighted by Crippen LogP contribution is 2.22. The molecule has 7 unspecified atom stereocenters. The lowest BCUT2D eigenvalue weighted by Crippen LogP contribution is -2.60. The largest absolute Gasteiger partial charge is 0.394 e. The van der Waals surface area contributed by atoms with Crippen LogP contribution in [0.25, 0.3) is 0 Å². The van der Waals surface area contributed by atoms with Crippen molar-refractivity contribution in [2.75, 3.05) is 13.2 Å². The van der Waals surface area contributed by atoms with Gasteiger partial charge in [0.05, 0.1) is 25.4 Å². The van der Waals surface area contributed by atoms with Crippen molar-refractivity contribution in [2.24, 2.45) is 0 Å². The first kappa shape index (κ1) is 33.2. The van der Waals surface area contributed by atoms with Gasteiger partial charge in [0.1, 0.15) is 24.4 Å². The van der Waals surface area contributed by atoms with Crippen molar-refractivity contribution >= 4 is 5.91 Å². The van der Waals surface area contributed by atoms with E-state index in [1.807, 2.05) is 0 Å². The third-order valence-electron chi connectivity index (χ3n) is 6.96. The van der Waals surface area contributed by atoms with E-state index in [1.54, 1.807) is 0 Å². The summed E-state index contributed by atoms with van der Waals surface area (Å²) in [5, 5.41) is 53.0. The Bertz CT molecular complexity index is 550. The van der Waals surface area contributed by atoms with Crippen LogP contribution in [0.1, 0.15) is 110 Å². The van der Waals surface area contributed by atoms with Gasteiger partial charge in [-0.1, -0.05) is 90.9 Å². The van der Waals surface area contributed by atoms with Crippen molar-refractivity contribution in [1.82, 2.24) is 5.32 Å². The summed E-state index contributed by atoms with van der Waals surface area (Å²) >= 11 is 0. The summed E-state index contributed by atoms with van der Waals surface area (Å²) in [5.41, 5.74) is 0. The van der Waals surface area contributed by atoms with E-state index in [2.05, 4.69) is 19.2 Å². The van der Waals surface area contributed by atoms with Crippen LogP contribution in [-0.2, 0) is 14.3 Å². The Morgan fingerprint density at radius 2 is 1.39 bits per heavy atom. The molecule has 9 heteroatoms. The minimum absolute atomic E-state index is 0.139. The van der Waals surface area contributed by atoms with Gasteiger partial charge < -0.3 is 40.3 Å². The number of aliphatic hydroxyl groups is 5. The lowest BCUT2D eigenvalue weighted by Gasteiger charge is -2.40. The molecule has 0 bridgehead atoms. The minimum atomic E-state index is -1.54. The molecule has 0 saturated carbocycles. The molecule has 36 heavy (non-hydrogen) atoms. The van der Waals surface area contributed by atoms with E-state index in [0.29, 0.717) is 12.8 Å². The fraction of sp³-hybridized carbons (Fsp3) is 0.963. The highest BCUT2D eigenvalue weighted by atomic mass is 16.7. The molecule has 6 N–H and O–H groups in total. The first-order valence-electron chi connectivity index (χ1n) is 14.2. The lowest BCUT2D eigenvalue weighted by atomic mass is 9.99. The summed E-state index contributed by atoms with van der Waals surface area (Å²) in [7, 11) is 0. The van der Waals surface area contributed by atoms with Crippen molar-refractivity contribution in [3.63, 3.8) is 0 Å². The number of carbonyl (C=O) groups excluding carboxylic acids is 1. The molecule has 1 heterocycles. The number of nitrogens with one attached hydrogen (secondary N) is 1. The summed E-state index contributed by atoms with van der Waals surface area (Å²) in [6, 6.07) is -0.704. The maximum Gasteiger partial charge on any atom is 0.220 e. The van der Waals surface area contributed by atoms with E-state index < -0.39 is 49.5 Å². The normalized spacial score (nSPS) is 26.0. The van der Waals surface area contributed by atoms with Gasteiger partial charge in [0, 0.05) is 6.42 Å². The highest BCUT2D eigenvalue weighted by molar-refractivity contribution is 5.76. The Morgan fingerprint density at radius 3 is 1.97 bits per heavy atom. The van der Waals surface area contributed by atoms with Gasteiger partial charge in [0.25, 0.3) is 0 Å². The summed E-state index contributed by atoms with van der Waals surface area (Å²) in [4.78, 5) is 12.6. The predicted octanol–water partition coefficient (Wildman–Crippen LogP) is 2.54. The van der Waals surface area contributed by atoms with Crippen molar-refractivity contribution < 1.29 is 39.8 Å². The summed E-state index contributed by atoms with van der Waals surface area (Å²) in [6.07, 6.45) is 7.72. The zero-order valence-corrected chi connectivity index (χ0v) is 22.5. The quantitative estimate of drug-likeness (QED) is 0.127. The molecule has 9 nitrogen and oxygen atoms in total. The average Bonchev–Trinajstić information content (AvgIpc) is 2.87. The van der Waals surface area contributed by atoms with Crippen LogP contribution in [0.5, 0.6) is 0 Å². The minimum Gasteiger partial charge on any atom is -0.394 e. The molecule has 1 amide bonds. The second-order valence-corrected chi connectivity index (χ2v) is 10.2. The maximum absolute atomic E-state index is 12.6. The second-order valence-electron chi connectivity index (χ2n) is 10.2. The predicted molar refractivity (Wildman–Crippen MR) is 138 cm³/mol. The van der Waals surface area contributed by atoms with Crippen LogP contribution in [0.2, 0.25) is 0 Å². The van der Waals surface area contributed by atoms with Gasteiger partial charge in [-0.15, -0.1) is 0 Å². The topological polar surface area (TPSA) is 149 Å².